The van der Waals surface area contributed by atoms with E-state index in [-0.39, 0.29) is 6.04 Å². The standard InChI is InChI=1S/C18H21NO2/c1-13-7-8-16(17(20)11-13)14(2)19-9-10-21-18-6-4-3-5-15(18)12-19/h3-8,11,14,20H,9-10,12H2,1-2H3. The van der Waals surface area contributed by atoms with E-state index >= 15 is 0 Å². The molecule has 0 amide bonds. The van der Waals surface area contributed by atoms with E-state index in [1.165, 1.54) is 5.56 Å². The molecule has 3 rings (SSSR count). The Morgan fingerprint density at radius 2 is 2.00 bits per heavy atom. The second kappa shape index (κ2) is 5.78. The molecule has 0 radical (unpaired) electrons. The largest absolute Gasteiger partial charge is 0.508 e. The smallest absolute Gasteiger partial charge is 0.123 e. The molecule has 1 unspecified atom stereocenters. The van der Waals surface area contributed by atoms with Crippen LogP contribution in [-0.2, 0) is 6.54 Å². The molecule has 0 aromatic heterocycles. The van der Waals surface area contributed by atoms with Crippen molar-refractivity contribution in [1.29, 1.82) is 0 Å². The van der Waals surface area contributed by atoms with Crippen LogP contribution in [0.4, 0.5) is 0 Å². The van der Waals surface area contributed by atoms with Crippen molar-refractivity contribution >= 4 is 0 Å². The van der Waals surface area contributed by atoms with Gasteiger partial charge in [0.2, 0.25) is 0 Å². The number of hydrogen-bond donors (Lipinski definition) is 1. The topological polar surface area (TPSA) is 32.7 Å². The summed E-state index contributed by atoms with van der Waals surface area (Å²) < 4.78 is 5.81. The third-order valence-corrected chi connectivity index (χ3v) is 4.17. The average Bonchev–Trinajstić information content (AvgIpc) is 2.68. The first-order valence-electron chi connectivity index (χ1n) is 7.39. The first-order chi connectivity index (χ1) is 10.1. The Morgan fingerprint density at radius 1 is 1.19 bits per heavy atom. The Morgan fingerprint density at radius 3 is 2.81 bits per heavy atom. The number of para-hydroxylation sites is 1. The van der Waals surface area contributed by atoms with Gasteiger partial charge in [-0.25, -0.2) is 0 Å². The van der Waals surface area contributed by atoms with Gasteiger partial charge in [0.05, 0.1) is 0 Å². The molecule has 1 N–H and O–H groups in total. The molecule has 3 nitrogen and oxygen atoms in total. The van der Waals surface area contributed by atoms with Crippen molar-refractivity contribution < 1.29 is 9.84 Å². The number of rotatable bonds is 2. The van der Waals surface area contributed by atoms with Crippen LogP contribution in [0.15, 0.2) is 42.5 Å². The van der Waals surface area contributed by atoms with Gasteiger partial charge < -0.3 is 9.84 Å². The summed E-state index contributed by atoms with van der Waals surface area (Å²) >= 11 is 0. The predicted octanol–water partition coefficient (Wildman–Crippen LogP) is 3.66. The third kappa shape index (κ3) is 2.88. The number of nitrogens with zero attached hydrogens (tertiary/aromatic N) is 1. The minimum absolute atomic E-state index is 0.153. The van der Waals surface area contributed by atoms with Crippen LogP contribution in [0.2, 0.25) is 0 Å². The first-order valence-corrected chi connectivity index (χ1v) is 7.39. The number of aromatic hydroxyl groups is 1. The molecule has 0 spiro atoms. The molecule has 1 heterocycles. The lowest BCUT2D eigenvalue weighted by atomic mass is 10.0. The normalized spacial score (nSPS) is 16.7. The number of phenols is 1. The maximum atomic E-state index is 10.2. The van der Waals surface area contributed by atoms with E-state index in [4.69, 9.17) is 4.74 Å². The highest BCUT2D eigenvalue weighted by Gasteiger charge is 2.22. The quantitative estimate of drug-likeness (QED) is 0.913. The molecule has 0 saturated heterocycles. The Balaban J connectivity index is 1.86. The molecule has 0 bridgehead atoms. The zero-order chi connectivity index (χ0) is 14.8. The van der Waals surface area contributed by atoms with Crippen LogP contribution < -0.4 is 4.74 Å². The molecule has 0 aliphatic carbocycles. The van der Waals surface area contributed by atoms with Crippen molar-refractivity contribution in [3.63, 3.8) is 0 Å². The molecule has 0 saturated carbocycles. The summed E-state index contributed by atoms with van der Waals surface area (Å²) in [7, 11) is 0. The van der Waals surface area contributed by atoms with Crippen LogP contribution in [0.5, 0.6) is 11.5 Å². The van der Waals surface area contributed by atoms with Crippen LogP contribution in [-0.4, -0.2) is 23.2 Å². The molecule has 1 aliphatic rings. The van der Waals surface area contributed by atoms with Gasteiger partial charge in [0.25, 0.3) is 0 Å². The zero-order valence-electron chi connectivity index (χ0n) is 12.5. The molecule has 3 heteroatoms. The number of benzene rings is 2. The summed E-state index contributed by atoms with van der Waals surface area (Å²) in [4.78, 5) is 2.34. The van der Waals surface area contributed by atoms with Crippen molar-refractivity contribution in [1.82, 2.24) is 4.90 Å². The first kappa shape index (κ1) is 14.0. The summed E-state index contributed by atoms with van der Waals surface area (Å²) in [5.41, 5.74) is 3.25. The average molecular weight is 283 g/mol. The summed E-state index contributed by atoms with van der Waals surface area (Å²) in [5.74, 6) is 1.35. The maximum absolute atomic E-state index is 10.2. The molecule has 2 aromatic carbocycles. The molecule has 21 heavy (non-hydrogen) atoms. The van der Waals surface area contributed by atoms with Gasteiger partial charge in [-0.05, 0) is 31.5 Å². The molecule has 1 aliphatic heterocycles. The van der Waals surface area contributed by atoms with Crippen LogP contribution >= 0.6 is 0 Å². The summed E-state index contributed by atoms with van der Waals surface area (Å²) in [6.07, 6.45) is 0. The van der Waals surface area contributed by atoms with E-state index in [0.717, 1.165) is 30.0 Å². The minimum Gasteiger partial charge on any atom is -0.508 e. The van der Waals surface area contributed by atoms with Crippen molar-refractivity contribution in [2.24, 2.45) is 0 Å². The van der Waals surface area contributed by atoms with Gasteiger partial charge in [0.15, 0.2) is 0 Å². The molecule has 0 fully saturated rings. The summed E-state index contributed by atoms with van der Waals surface area (Å²) in [6.45, 7) is 6.49. The fourth-order valence-corrected chi connectivity index (χ4v) is 2.88. The van der Waals surface area contributed by atoms with Crippen molar-refractivity contribution in [2.45, 2.75) is 26.4 Å². The number of phenolic OH excluding ortho intramolecular Hbond substituents is 1. The fourth-order valence-electron chi connectivity index (χ4n) is 2.88. The molecule has 2 aromatic rings. The molecule has 1 atom stereocenters. The van der Waals surface area contributed by atoms with Gasteiger partial charge in [0.1, 0.15) is 18.1 Å². The number of fused-ring (bicyclic) bond motifs is 1. The van der Waals surface area contributed by atoms with E-state index in [1.807, 2.05) is 43.3 Å². The highest BCUT2D eigenvalue weighted by atomic mass is 16.5. The third-order valence-electron chi connectivity index (χ3n) is 4.17. The Hall–Kier alpha value is -2.00. The number of aryl methyl sites for hydroxylation is 1. The highest BCUT2D eigenvalue weighted by Crippen LogP contribution is 2.32. The van der Waals surface area contributed by atoms with Crippen molar-refractivity contribution in [3.05, 3.63) is 59.2 Å². The Labute approximate surface area is 125 Å². The van der Waals surface area contributed by atoms with E-state index < -0.39 is 0 Å². The molecular weight excluding hydrogens is 262 g/mol. The predicted molar refractivity (Wildman–Crippen MR) is 83.6 cm³/mol. The lowest BCUT2D eigenvalue weighted by molar-refractivity contribution is 0.177. The van der Waals surface area contributed by atoms with Crippen LogP contribution in [0.1, 0.15) is 29.7 Å². The van der Waals surface area contributed by atoms with E-state index in [1.54, 1.807) is 0 Å². The van der Waals surface area contributed by atoms with Crippen LogP contribution in [0, 0.1) is 6.92 Å². The fraction of sp³-hybridized carbons (Fsp3) is 0.333. The van der Waals surface area contributed by atoms with E-state index in [2.05, 4.69) is 17.9 Å². The van der Waals surface area contributed by atoms with Gasteiger partial charge in [-0.1, -0.05) is 30.3 Å². The van der Waals surface area contributed by atoms with E-state index in [9.17, 15) is 5.11 Å². The van der Waals surface area contributed by atoms with Gasteiger partial charge in [-0.2, -0.15) is 0 Å². The minimum atomic E-state index is 0.153. The molecular formula is C18H21NO2. The molecule has 110 valence electrons. The van der Waals surface area contributed by atoms with Crippen LogP contribution in [0.3, 0.4) is 0 Å². The van der Waals surface area contributed by atoms with Gasteiger partial charge in [-0.3, -0.25) is 4.90 Å². The second-order valence-electron chi connectivity index (χ2n) is 5.66. The van der Waals surface area contributed by atoms with Crippen LogP contribution in [0.25, 0.3) is 0 Å². The highest BCUT2D eigenvalue weighted by molar-refractivity contribution is 5.39. The zero-order valence-corrected chi connectivity index (χ0v) is 12.5. The maximum Gasteiger partial charge on any atom is 0.123 e. The Bertz CT molecular complexity index is 639. The Kier molecular flexibility index (Phi) is 3.84. The van der Waals surface area contributed by atoms with E-state index in [0.29, 0.717) is 12.4 Å². The summed E-state index contributed by atoms with van der Waals surface area (Å²) in [5, 5.41) is 10.2. The van der Waals surface area contributed by atoms with Gasteiger partial charge in [-0.15, -0.1) is 0 Å². The SMILES string of the molecule is Cc1ccc(C(C)N2CCOc3ccccc3C2)c(O)c1. The monoisotopic (exact) mass is 283 g/mol. The van der Waals surface area contributed by atoms with Crippen molar-refractivity contribution in [3.8, 4) is 11.5 Å². The number of hydrogen-bond acceptors (Lipinski definition) is 3. The lowest BCUT2D eigenvalue weighted by Crippen LogP contribution is -2.28. The van der Waals surface area contributed by atoms with Crippen molar-refractivity contribution in [2.75, 3.05) is 13.2 Å². The second-order valence-corrected chi connectivity index (χ2v) is 5.66. The van der Waals surface area contributed by atoms with Gasteiger partial charge in [0, 0.05) is 30.3 Å². The summed E-state index contributed by atoms with van der Waals surface area (Å²) in [6, 6.07) is 14.2. The van der Waals surface area contributed by atoms with Gasteiger partial charge >= 0.3 is 0 Å². The lowest BCUT2D eigenvalue weighted by Gasteiger charge is -2.28. The number of ether oxygens (including phenoxy) is 1.